The molecule has 0 saturated carbocycles. The molecule has 0 aromatic heterocycles. The average molecular weight is 294 g/mol. The number of nitrogens with one attached hydrogen (secondary N) is 1. The van der Waals surface area contributed by atoms with Gasteiger partial charge in [0.15, 0.2) is 0 Å². The maximum atomic E-state index is 9.00. The second-order valence-electron chi connectivity index (χ2n) is 4.36. The smallest absolute Gasteiger partial charge is 0.0992 e. The molecule has 1 aliphatic heterocycles. The molecule has 2 rings (SSSR count). The number of benzene rings is 1. The van der Waals surface area contributed by atoms with E-state index < -0.39 is 0 Å². The van der Waals surface area contributed by atoms with Gasteiger partial charge in [0.25, 0.3) is 0 Å². The molecule has 1 saturated heterocycles. The summed E-state index contributed by atoms with van der Waals surface area (Å²) in [6.45, 7) is 2.07. The first kappa shape index (κ1) is 12.4. The molecule has 1 unspecified atom stereocenters. The molecular weight excluding hydrogens is 278 g/mol. The van der Waals surface area contributed by atoms with Crippen LogP contribution in [0, 0.1) is 11.3 Å². The van der Waals surface area contributed by atoms with E-state index in [1.807, 2.05) is 19.2 Å². The number of nitriles is 1. The van der Waals surface area contributed by atoms with Gasteiger partial charge in [0.2, 0.25) is 0 Å². The summed E-state index contributed by atoms with van der Waals surface area (Å²) in [6.07, 6.45) is 2.44. The zero-order valence-corrected chi connectivity index (χ0v) is 11.5. The fraction of sp³-hybridized carbons (Fsp3) is 0.462. The molecule has 1 heterocycles. The molecule has 1 fully saturated rings. The third-order valence-corrected chi connectivity index (χ3v) is 3.62. The molecule has 1 aromatic rings. The molecule has 4 heteroatoms. The molecule has 17 heavy (non-hydrogen) atoms. The number of hydrogen-bond donors (Lipinski definition) is 1. The minimum atomic E-state index is 0.542. The van der Waals surface area contributed by atoms with Crippen LogP contribution in [0.4, 0.5) is 5.69 Å². The minimum Gasteiger partial charge on any atom is -0.367 e. The van der Waals surface area contributed by atoms with Gasteiger partial charge in [-0.2, -0.15) is 5.26 Å². The molecule has 1 atom stereocenters. The van der Waals surface area contributed by atoms with Crippen LogP contribution >= 0.6 is 15.9 Å². The lowest BCUT2D eigenvalue weighted by atomic mass is 10.1. The maximum Gasteiger partial charge on any atom is 0.0992 e. The van der Waals surface area contributed by atoms with Crippen molar-refractivity contribution in [2.24, 2.45) is 0 Å². The number of likely N-dealkylation sites (N-methyl/N-ethyl adjacent to an activating group) is 1. The highest BCUT2D eigenvalue weighted by Gasteiger charge is 2.24. The standard InChI is InChI=1S/C13H16BrN3/c1-16-9-12-3-2-4-17(12)13-6-10(8-15)5-11(14)7-13/h5-7,12,16H,2-4,9H2,1H3. The van der Waals surface area contributed by atoms with Gasteiger partial charge in [0, 0.05) is 29.3 Å². The molecule has 0 bridgehead atoms. The summed E-state index contributed by atoms with van der Waals surface area (Å²) in [6, 6.07) is 8.67. The van der Waals surface area contributed by atoms with Gasteiger partial charge in [-0.05, 0) is 38.1 Å². The first-order valence-electron chi connectivity index (χ1n) is 5.86. The summed E-state index contributed by atoms with van der Waals surface area (Å²) in [5.74, 6) is 0. The molecule has 1 N–H and O–H groups in total. The number of anilines is 1. The Bertz CT molecular complexity index is 439. The largest absolute Gasteiger partial charge is 0.367 e. The molecule has 1 aromatic carbocycles. The topological polar surface area (TPSA) is 39.1 Å². The van der Waals surface area contributed by atoms with Gasteiger partial charge >= 0.3 is 0 Å². The van der Waals surface area contributed by atoms with E-state index in [2.05, 4.69) is 38.3 Å². The molecule has 0 radical (unpaired) electrons. The van der Waals surface area contributed by atoms with Crippen molar-refractivity contribution in [3.63, 3.8) is 0 Å². The fourth-order valence-corrected chi connectivity index (χ4v) is 2.91. The number of halogens is 1. The van der Waals surface area contributed by atoms with Crippen molar-refractivity contribution in [1.29, 1.82) is 5.26 Å². The highest BCUT2D eigenvalue weighted by Crippen LogP contribution is 2.28. The van der Waals surface area contributed by atoms with Crippen molar-refractivity contribution in [2.75, 3.05) is 25.0 Å². The van der Waals surface area contributed by atoms with E-state index in [1.165, 1.54) is 12.8 Å². The average Bonchev–Trinajstić information content (AvgIpc) is 2.77. The van der Waals surface area contributed by atoms with E-state index in [-0.39, 0.29) is 0 Å². The van der Waals surface area contributed by atoms with Crippen LogP contribution in [-0.2, 0) is 0 Å². The number of hydrogen-bond acceptors (Lipinski definition) is 3. The monoisotopic (exact) mass is 293 g/mol. The van der Waals surface area contributed by atoms with E-state index in [1.54, 1.807) is 0 Å². The highest BCUT2D eigenvalue weighted by molar-refractivity contribution is 9.10. The van der Waals surface area contributed by atoms with Crippen molar-refractivity contribution in [2.45, 2.75) is 18.9 Å². The zero-order valence-electron chi connectivity index (χ0n) is 9.91. The Balaban J connectivity index is 2.27. The third kappa shape index (κ3) is 2.80. The Morgan fingerprint density at radius 1 is 1.53 bits per heavy atom. The van der Waals surface area contributed by atoms with Gasteiger partial charge < -0.3 is 10.2 Å². The number of rotatable bonds is 3. The fourth-order valence-electron chi connectivity index (χ4n) is 2.43. The van der Waals surface area contributed by atoms with Crippen molar-refractivity contribution < 1.29 is 0 Å². The second kappa shape index (κ2) is 5.52. The van der Waals surface area contributed by atoms with Gasteiger partial charge in [0.05, 0.1) is 11.6 Å². The van der Waals surface area contributed by atoms with Gasteiger partial charge in [-0.15, -0.1) is 0 Å². The van der Waals surface area contributed by atoms with E-state index in [0.29, 0.717) is 11.6 Å². The molecule has 0 spiro atoms. The van der Waals surface area contributed by atoms with E-state index in [0.717, 1.165) is 23.2 Å². The van der Waals surface area contributed by atoms with Gasteiger partial charge in [-0.1, -0.05) is 15.9 Å². The van der Waals surface area contributed by atoms with Crippen LogP contribution in [-0.4, -0.2) is 26.2 Å². The minimum absolute atomic E-state index is 0.542. The van der Waals surface area contributed by atoms with E-state index in [9.17, 15) is 0 Å². The zero-order chi connectivity index (χ0) is 12.3. The normalized spacial score (nSPS) is 19.4. The highest BCUT2D eigenvalue weighted by atomic mass is 79.9. The molecule has 3 nitrogen and oxygen atoms in total. The van der Waals surface area contributed by atoms with Crippen LogP contribution in [0.5, 0.6) is 0 Å². The lowest BCUT2D eigenvalue weighted by molar-refractivity contribution is 0.615. The predicted octanol–water partition coefficient (Wildman–Crippen LogP) is 2.51. The molecule has 90 valence electrons. The van der Waals surface area contributed by atoms with Crippen LogP contribution in [0.25, 0.3) is 0 Å². The molecule has 0 amide bonds. The Morgan fingerprint density at radius 2 is 2.35 bits per heavy atom. The summed E-state index contributed by atoms with van der Waals surface area (Å²) in [7, 11) is 1.98. The summed E-state index contributed by atoms with van der Waals surface area (Å²) in [4.78, 5) is 2.39. The van der Waals surface area contributed by atoms with Crippen molar-refractivity contribution in [3.05, 3.63) is 28.2 Å². The maximum absolute atomic E-state index is 9.00. The van der Waals surface area contributed by atoms with Crippen molar-refractivity contribution in [1.82, 2.24) is 5.32 Å². The van der Waals surface area contributed by atoms with Crippen molar-refractivity contribution in [3.8, 4) is 6.07 Å². The van der Waals surface area contributed by atoms with Crippen LogP contribution in [0.15, 0.2) is 22.7 Å². The third-order valence-electron chi connectivity index (χ3n) is 3.16. The lowest BCUT2D eigenvalue weighted by Crippen LogP contribution is -2.36. The molecular formula is C13H16BrN3. The molecule has 1 aliphatic rings. The van der Waals surface area contributed by atoms with Crippen LogP contribution in [0.3, 0.4) is 0 Å². The van der Waals surface area contributed by atoms with E-state index in [4.69, 9.17) is 5.26 Å². The SMILES string of the molecule is CNCC1CCCN1c1cc(Br)cc(C#N)c1. The van der Waals surface area contributed by atoms with Crippen LogP contribution in [0.1, 0.15) is 18.4 Å². The second-order valence-corrected chi connectivity index (χ2v) is 5.27. The summed E-state index contributed by atoms with van der Waals surface area (Å²) in [5, 5.41) is 12.2. The Morgan fingerprint density at radius 3 is 3.06 bits per heavy atom. The first-order chi connectivity index (χ1) is 8.24. The van der Waals surface area contributed by atoms with Gasteiger partial charge in [0.1, 0.15) is 0 Å². The lowest BCUT2D eigenvalue weighted by Gasteiger charge is -2.27. The van der Waals surface area contributed by atoms with E-state index >= 15 is 0 Å². The van der Waals surface area contributed by atoms with Crippen LogP contribution in [0.2, 0.25) is 0 Å². The van der Waals surface area contributed by atoms with Gasteiger partial charge in [-0.25, -0.2) is 0 Å². The Kier molecular flexibility index (Phi) is 4.03. The van der Waals surface area contributed by atoms with Crippen LogP contribution < -0.4 is 10.2 Å². The first-order valence-corrected chi connectivity index (χ1v) is 6.66. The predicted molar refractivity (Wildman–Crippen MR) is 73.2 cm³/mol. The Hall–Kier alpha value is -1.05. The Labute approximate surface area is 111 Å². The van der Waals surface area contributed by atoms with Crippen molar-refractivity contribution >= 4 is 21.6 Å². The summed E-state index contributed by atoms with van der Waals surface area (Å²) >= 11 is 3.47. The quantitative estimate of drug-likeness (QED) is 0.931. The number of nitrogens with zero attached hydrogens (tertiary/aromatic N) is 2. The molecule has 0 aliphatic carbocycles. The summed E-state index contributed by atoms with van der Waals surface area (Å²) in [5.41, 5.74) is 1.86. The summed E-state index contributed by atoms with van der Waals surface area (Å²) < 4.78 is 0.974. The van der Waals surface area contributed by atoms with Gasteiger partial charge in [-0.3, -0.25) is 0 Å².